The van der Waals surface area contributed by atoms with Gasteiger partial charge >= 0.3 is 12.1 Å². The molecule has 0 amide bonds. The second-order valence-electron chi connectivity index (χ2n) is 2.40. The smallest absolute Gasteiger partial charge is 0.478 e. The lowest BCUT2D eigenvalue weighted by molar-refractivity contribution is -0.150. The number of halogens is 1. The lowest BCUT2D eigenvalue weighted by atomic mass is 10.3. The van der Waals surface area contributed by atoms with Crippen LogP contribution in [0.1, 0.15) is 12.8 Å². The fraction of sp³-hybridized carbons (Fsp3) is 0.667. The molecule has 1 aliphatic rings. The Morgan fingerprint density at radius 2 is 2.08 bits per heavy atom. The van der Waals surface area contributed by atoms with Gasteiger partial charge in [-0.3, -0.25) is 0 Å². The van der Waals surface area contributed by atoms with Crippen LogP contribution in [0.15, 0.2) is 0 Å². The van der Waals surface area contributed by atoms with Crippen LogP contribution in [0.3, 0.4) is 0 Å². The Kier molecular flexibility index (Phi) is 2.42. The summed E-state index contributed by atoms with van der Waals surface area (Å²) in [5.41, 5.74) is -1.34. The van der Waals surface area contributed by atoms with Gasteiger partial charge in [-0.25, -0.2) is 9.59 Å². The molecule has 0 aromatic carbocycles. The first-order valence-corrected chi connectivity index (χ1v) is 3.79. The molecule has 1 aliphatic carbocycles. The van der Waals surface area contributed by atoms with E-state index in [0.29, 0.717) is 12.8 Å². The minimum absolute atomic E-state index is 0.333. The summed E-state index contributed by atoms with van der Waals surface area (Å²) in [4.78, 5) is 21.1. The normalized spacial score (nSPS) is 18.1. The third kappa shape index (κ3) is 1.79. The second kappa shape index (κ2) is 3.18. The van der Waals surface area contributed by atoms with Crippen molar-refractivity contribution in [1.82, 2.24) is 0 Å². The largest absolute Gasteiger partial charge is 0.510 e. The highest BCUT2D eigenvalue weighted by Crippen LogP contribution is 2.40. The first-order chi connectivity index (χ1) is 5.60. The summed E-state index contributed by atoms with van der Waals surface area (Å²) >= 11 is 5.05. The zero-order chi connectivity index (χ0) is 9.19. The van der Waals surface area contributed by atoms with Crippen molar-refractivity contribution in [1.29, 1.82) is 0 Å². The van der Waals surface area contributed by atoms with E-state index in [4.69, 9.17) is 16.7 Å². The number of aliphatic carboxylic acids is 1. The number of carbonyl (C=O) groups is 2. The Balaban J connectivity index is 2.40. The molecule has 5 nitrogen and oxygen atoms in total. The zero-order valence-corrected chi connectivity index (χ0v) is 6.84. The van der Waals surface area contributed by atoms with Gasteiger partial charge in [-0.2, -0.15) is 0 Å². The van der Waals surface area contributed by atoms with E-state index in [1.807, 2.05) is 0 Å². The molecule has 0 unspecified atom stereocenters. The Hall–Kier alpha value is -0.970. The van der Waals surface area contributed by atoms with Crippen LogP contribution in [0.25, 0.3) is 0 Å². The molecule has 0 heterocycles. The van der Waals surface area contributed by atoms with Crippen molar-refractivity contribution in [3.05, 3.63) is 0 Å². The van der Waals surface area contributed by atoms with Crippen LogP contribution in [-0.4, -0.2) is 28.9 Å². The first kappa shape index (κ1) is 9.12. The van der Waals surface area contributed by atoms with Crippen molar-refractivity contribution < 1.29 is 24.2 Å². The van der Waals surface area contributed by atoms with Crippen LogP contribution >= 0.6 is 11.6 Å². The summed E-state index contributed by atoms with van der Waals surface area (Å²) in [6, 6.07) is -0.339. The van der Waals surface area contributed by atoms with Crippen LogP contribution < -0.4 is 0 Å². The van der Waals surface area contributed by atoms with E-state index in [-0.39, 0.29) is 6.07 Å². The number of carboxylic acid groups (broad SMARTS) is 1. The maximum absolute atomic E-state index is 10.6. The van der Waals surface area contributed by atoms with E-state index in [9.17, 15) is 9.59 Å². The van der Waals surface area contributed by atoms with Gasteiger partial charge in [0.05, 0.1) is 0 Å². The van der Waals surface area contributed by atoms with Crippen LogP contribution in [0.5, 0.6) is 0 Å². The fourth-order valence-electron chi connectivity index (χ4n) is 0.707. The average molecular weight is 195 g/mol. The third-order valence-corrected chi connectivity index (χ3v) is 1.65. The molecule has 68 valence electrons. The van der Waals surface area contributed by atoms with E-state index in [1.54, 1.807) is 0 Å². The maximum atomic E-state index is 10.6. The molecule has 0 spiro atoms. The number of hydrogen-bond donors (Lipinski definition) is 1. The standard InChI is InChI=1S/C6H7ClO5/c7-3-11-5(10)12-6(1-2-6)4(8)9/h1-3H2,(H,8,9). The molecule has 0 atom stereocenters. The molecule has 0 aliphatic heterocycles. The minimum atomic E-state index is -1.34. The topological polar surface area (TPSA) is 72.8 Å². The van der Waals surface area contributed by atoms with Crippen molar-refractivity contribution in [3.8, 4) is 0 Å². The molecule has 0 aromatic rings. The molecule has 12 heavy (non-hydrogen) atoms. The van der Waals surface area contributed by atoms with Crippen LogP contribution in [0, 0.1) is 0 Å². The van der Waals surface area contributed by atoms with E-state index in [2.05, 4.69) is 9.47 Å². The van der Waals surface area contributed by atoms with Crippen LogP contribution in [0.4, 0.5) is 4.79 Å². The van der Waals surface area contributed by atoms with Crippen molar-refractivity contribution >= 4 is 23.7 Å². The van der Waals surface area contributed by atoms with Gasteiger partial charge in [0.1, 0.15) is 0 Å². The molecule has 1 fully saturated rings. The Morgan fingerprint density at radius 1 is 1.50 bits per heavy atom. The van der Waals surface area contributed by atoms with Gasteiger partial charge in [0.25, 0.3) is 0 Å². The van der Waals surface area contributed by atoms with Crippen molar-refractivity contribution in [2.24, 2.45) is 0 Å². The number of carboxylic acids is 1. The van der Waals surface area contributed by atoms with Gasteiger partial charge < -0.3 is 14.6 Å². The summed E-state index contributed by atoms with van der Waals surface area (Å²) in [7, 11) is 0. The highest BCUT2D eigenvalue weighted by atomic mass is 35.5. The summed E-state index contributed by atoms with van der Waals surface area (Å²) < 4.78 is 8.71. The fourth-order valence-corrected chi connectivity index (χ4v) is 0.796. The zero-order valence-electron chi connectivity index (χ0n) is 6.08. The van der Waals surface area contributed by atoms with Crippen LogP contribution in [0.2, 0.25) is 0 Å². The Labute approximate surface area is 73.2 Å². The lowest BCUT2D eigenvalue weighted by Gasteiger charge is -2.09. The Morgan fingerprint density at radius 3 is 2.42 bits per heavy atom. The molecule has 0 saturated heterocycles. The van der Waals surface area contributed by atoms with Gasteiger partial charge in [0, 0.05) is 12.8 Å². The molecule has 0 aromatic heterocycles. The molecular formula is C6H7ClO5. The molecule has 1 N–H and O–H groups in total. The van der Waals surface area contributed by atoms with E-state index < -0.39 is 17.7 Å². The molecule has 0 radical (unpaired) electrons. The van der Waals surface area contributed by atoms with E-state index in [0.717, 1.165) is 0 Å². The summed E-state index contributed by atoms with van der Waals surface area (Å²) in [6.07, 6.45) is -0.371. The maximum Gasteiger partial charge on any atom is 0.510 e. The first-order valence-electron chi connectivity index (χ1n) is 3.26. The molecule has 1 rings (SSSR count). The number of ether oxygens (including phenoxy) is 2. The number of alkyl halides is 1. The van der Waals surface area contributed by atoms with Crippen molar-refractivity contribution in [2.75, 3.05) is 6.07 Å². The van der Waals surface area contributed by atoms with Gasteiger partial charge in [0.2, 0.25) is 5.60 Å². The molecule has 6 heteroatoms. The van der Waals surface area contributed by atoms with Gasteiger partial charge in [-0.15, -0.1) is 0 Å². The third-order valence-electron chi connectivity index (χ3n) is 1.54. The average Bonchev–Trinajstić information content (AvgIpc) is 2.69. The SMILES string of the molecule is O=C(OCCl)OC1(C(=O)O)CC1. The van der Waals surface area contributed by atoms with Crippen molar-refractivity contribution in [3.63, 3.8) is 0 Å². The number of carbonyl (C=O) groups excluding carboxylic acids is 1. The number of hydrogen-bond acceptors (Lipinski definition) is 4. The minimum Gasteiger partial charge on any atom is -0.478 e. The summed E-state index contributed by atoms with van der Waals surface area (Å²) in [6.45, 7) is 0. The Bertz CT molecular complexity index is 210. The highest BCUT2D eigenvalue weighted by molar-refractivity contribution is 6.17. The highest BCUT2D eigenvalue weighted by Gasteiger charge is 2.55. The summed E-state index contributed by atoms with van der Waals surface area (Å²) in [5, 5.41) is 8.56. The van der Waals surface area contributed by atoms with E-state index in [1.165, 1.54) is 0 Å². The van der Waals surface area contributed by atoms with Crippen LogP contribution in [-0.2, 0) is 14.3 Å². The number of rotatable bonds is 3. The van der Waals surface area contributed by atoms with Gasteiger partial charge in [0.15, 0.2) is 6.07 Å². The predicted molar refractivity (Wildman–Crippen MR) is 37.9 cm³/mol. The van der Waals surface area contributed by atoms with Gasteiger partial charge in [-0.05, 0) is 0 Å². The monoisotopic (exact) mass is 194 g/mol. The van der Waals surface area contributed by atoms with Gasteiger partial charge in [-0.1, -0.05) is 11.6 Å². The predicted octanol–water partition coefficient (Wildman–Crippen LogP) is 0.953. The summed E-state index contributed by atoms with van der Waals surface area (Å²) in [5.74, 6) is -1.14. The van der Waals surface area contributed by atoms with E-state index >= 15 is 0 Å². The molecule has 1 saturated carbocycles. The lowest BCUT2D eigenvalue weighted by Crippen LogP contribution is -2.29. The van der Waals surface area contributed by atoms with Crippen molar-refractivity contribution in [2.45, 2.75) is 18.4 Å². The molecule has 0 bridgehead atoms. The molecular weight excluding hydrogens is 188 g/mol. The quantitative estimate of drug-likeness (QED) is 0.535. The second-order valence-corrected chi connectivity index (χ2v) is 2.62.